The van der Waals surface area contributed by atoms with Gasteiger partial charge in [0, 0.05) is 26.2 Å². The molecule has 0 saturated carbocycles. The molecule has 116 valence electrons. The van der Waals surface area contributed by atoms with Gasteiger partial charge in [0.25, 0.3) is 0 Å². The summed E-state index contributed by atoms with van der Waals surface area (Å²) in [4.78, 5) is 26.5. The molecule has 1 amide bonds. The summed E-state index contributed by atoms with van der Waals surface area (Å²) in [6, 6.07) is 0. The largest absolute Gasteiger partial charge is 0.352 e. The van der Waals surface area contributed by atoms with Crippen LogP contribution in [0.2, 0.25) is 5.02 Å². The van der Waals surface area contributed by atoms with Crippen LogP contribution in [0, 0.1) is 0 Å². The number of amides is 1. The second-order valence-corrected chi connectivity index (χ2v) is 5.43. The van der Waals surface area contributed by atoms with Crippen LogP contribution in [0.5, 0.6) is 0 Å². The van der Waals surface area contributed by atoms with Crippen LogP contribution >= 0.6 is 11.6 Å². The number of carbonyl (C=O) groups excluding carboxylic acids is 1. The van der Waals surface area contributed by atoms with Gasteiger partial charge < -0.3 is 9.80 Å². The summed E-state index contributed by atoms with van der Waals surface area (Å²) in [6.45, 7) is 9.37. The summed E-state index contributed by atoms with van der Waals surface area (Å²) in [5.41, 5.74) is 0. The number of hydrogen-bond donors (Lipinski definition) is 0. The van der Waals surface area contributed by atoms with E-state index in [2.05, 4.69) is 33.6 Å². The van der Waals surface area contributed by atoms with Crippen molar-refractivity contribution >= 4 is 23.3 Å². The van der Waals surface area contributed by atoms with Gasteiger partial charge in [-0.2, -0.15) is 0 Å². The lowest BCUT2D eigenvalue weighted by Crippen LogP contribution is -2.51. The molecule has 0 radical (unpaired) electrons. The van der Waals surface area contributed by atoms with E-state index in [1.54, 1.807) is 6.20 Å². The number of rotatable bonds is 5. The molecule has 21 heavy (non-hydrogen) atoms. The first kappa shape index (κ1) is 16.0. The van der Waals surface area contributed by atoms with Gasteiger partial charge in [0.15, 0.2) is 5.82 Å². The summed E-state index contributed by atoms with van der Waals surface area (Å²) in [5.74, 6) is 0.953. The van der Waals surface area contributed by atoms with E-state index in [4.69, 9.17) is 11.6 Å². The standard InChI is InChI=1S/C14H22ClN5O/c1-3-18(4-2)10-13(21)19-5-7-20(8-6-19)14-12(15)9-16-11-17-14/h9,11H,3-8,10H2,1-2H3. The highest BCUT2D eigenvalue weighted by Gasteiger charge is 2.23. The molecule has 1 fully saturated rings. The zero-order valence-corrected chi connectivity index (χ0v) is 13.4. The maximum absolute atomic E-state index is 12.3. The Balaban J connectivity index is 1.88. The van der Waals surface area contributed by atoms with Crippen LogP contribution in [0.1, 0.15) is 13.8 Å². The Morgan fingerprint density at radius 2 is 1.95 bits per heavy atom. The third-order valence-corrected chi connectivity index (χ3v) is 4.10. The number of carbonyl (C=O) groups is 1. The SMILES string of the molecule is CCN(CC)CC(=O)N1CCN(c2ncncc2Cl)CC1. The maximum atomic E-state index is 12.3. The molecule has 0 atom stereocenters. The summed E-state index contributed by atoms with van der Waals surface area (Å²) < 4.78 is 0. The van der Waals surface area contributed by atoms with Crippen LogP contribution in [0.4, 0.5) is 5.82 Å². The second kappa shape index (κ2) is 7.56. The summed E-state index contributed by atoms with van der Waals surface area (Å²) in [7, 11) is 0. The summed E-state index contributed by atoms with van der Waals surface area (Å²) >= 11 is 6.11. The summed E-state index contributed by atoms with van der Waals surface area (Å²) in [6.07, 6.45) is 3.10. The van der Waals surface area contributed by atoms with Crippen LogP contribution in [0.25, 0.3) is 0 Å². The number of hydrogen-bond acceptors (Lipinski definition) is 5. The predicted molar refractivity (Wildman–Crippen MR) is 83.6 cm³/mol. The lowest BCUT2D eigenvalue weighted by atomic mass is 10.3. The van der Waals surface area contributed by atoms with Crippen LogP contribution in [0.15, 0.2) is 12.5 Å². The molecule has 2 heterocycles. The molecule has 1 aromatic rings. The van der Waals surface area contributed by atoms with Crippen molar-refractivity contribution in [2.24, 2.45) is 0 Å². The minimum atomic E-state index is 0.201. The monoisotopic (exact) mass is 311 g/mol. The fraction of sp³-hybridized carbons (Fsp3) is 0.643. The Labute approximate surface area is 130 Å². The van der Waals surface area contributed by atoms with Gasteiger partial charge in [-0.1, -0.05) is 25.4 Å². The Morgan fingerprint density at radius 3 is 2.52 bits per heavy atom. The van der Waals surface area contributed by atoms with E-state index in [-0.39, 0.29) is 5.91 Å². The maximum Gasteiger partial charge on any atom is 0.236 e. The van der Waals surface area contributed by atoms with Crippen LogP contribution in [-0.4, -0.2) is 71.5 Å². The smallest absolute Gasteiger partial charge is 0.236 e. The minimum Gasteiger partial charge on any atom is -0.352 e. The van der Waals surface area contributed by atoms with E-state index in [0.717, 1.165) is 32.0 Å². The number of piperazine rings is 1. The second-order valence-electron chi connectivity index (χ2n) is 5.02. The molecule has 1 aliphatic rings. The van der Waals surface area contributed by atoms with Crippen molar-refractivity contribution in [1.82, 2.24) is 19.8 Å². The molecule has 0 unspecified atom stereocenters. The van der Waals surface area contributed by atoms with Gasteiger partial charge in [0.05, 0.1) is 12.7 Å². The van der Waals surface area contributed by atoms with E-state index in [9.17, 15) is 4.79 Å². The molecule has 0 spiro atoms. The van der Waals surface area contributed by atoms with E-state index in [1.807, 2.05) is 4.90 Å². The highest BCUT2D eigenvalue weighted by Crippen LogP contribution is 2.22. The number of halogens is 1. The van der Waals surface area contributed by atoms with Crippen LogP contribution < -0.4 is 4.90 Å². The lowest BCUT2D eigenvalue weighted by molar-refractivity contribution is -0.132. The fourth-order valence-corrected chi connectivity index (χ4v) is 2.67. The molecule has 0 aromatic carbocycles. The zero-order chi connectivity index (χ0) is 15.2. The average Bonchev–Trinajstić information content (AvgIpc) is 2.53. The first-order valence-corrected chi connectivity index (χ1v) is 7.74. The van der Waals surface area contributed by atoms with E-state index in [1.165, 1.54) is 6.33 Å². The van der Waals surface area contributed by atoms with Crippen molar-refractivity contribution in [3.8, 4) is 0 Å². The van der Waals surface area contributed by atoms with Gasteiger partial charge >= 0.3 is 0 Å². The van der Waals surface area contributed by atoms with Gasteiger partial charge in [0.2, 0.25) is 5.91 Å². The van der Waals surface area contributed by atoms with Gasteiger partial charge in [-0.25, -0.2) is 9.97 Å². The van der Waals surface area contributed by atoms with Crippen molar-refractivity contribution in [2.45, 2.75) is 13.8 Å². The molecule has 1 aromatic heterocycles. The molecular weight excluding hydrogens is 290 g/mol. The minimum absolute atomic E-state index is 0.201. The Kier molecular flexibility index (Phi) is 5.76. The number of anilines is 1. The van der Waals surface area contributed by atoms with Crippen molar-refractivity contribution in [3.05, 3.63) is 17.5 Å². The van der Waals surface area contributed by atoms with Gasteiger partial charge in [-0.15, -0.1) is 0 Å². The van der Waals surface area contributed by atoms with E-state index in [0.29, 0.717) is 24.7 Å². The van der Waals surface area contributed by atoms with E-state index < -0.39 is 0 Å². The molecule has 0 aliphatic carbocycles. The molecule has 0 bridgehead atoms. The van der Waals surface area contributed by atoms with Gasteiger partial charge in [-0.3, -0.25) is 9.69 Å². The van der Waals surface area contributed by atoms with Gasteiger partial charge in [0.1, 0.15) is 11.3 Å². The third-order valence-electron chi connectivity index (χ3n) is 3.83. The number of nitrogens with zero attached hydrogens (tertiary/aromatic N) is 5. The van der Waals surface area contributed by atoms with Gasteiger partial charge in [-0.05, 0) is 13.1 Å². The highest BCUT2D eigenvalue weighted by molar-refractivity contribution is 6.32. The third kappa shape index (κ3) is 4.04. The first-order valence-electron chi connectivity index (χ1n) is 7.36. The average molecular weight is 312 g/mol. The molecule has 1 saturated heterocycles. The van der Waals surface area contributed by atoms with Crippen molar-refractivity contribution in [1.29, 1.82) is 0 Å². The molecule has 0 N–H and O–H groups in total. The predicted octanol–water partition coefficient (Wildman–Crippen LogP) is 1.12. The van der Waals surface area contributed by atoms with E-state index >= 15 is 0 Å². The fourth-order valence-electron chi connectivity index (χ4n) is 2.45. The number of likely N-dealkylation sites (N-methyl/N-ethyl adjacent to an activating group) is 1. The van der Waals surface area contributed by atoms with Crippen molar-refractivity contribution < 1.29 is 4.79 Å². The van der Waals surface area contributed by atoms with Crippen molar-refractivity contribution in [3.63, 3.8) is 0 Å². The lowest BCUT2D eigenvalue weighted by Gasteiger charge is -2.36. The molecule has 7 heteroatoms. The topological polar surface area (TPSA) is 52.6 Å². The molecule has 1 aliphatic heterocycles. The zero-order valence-electron chi connectivity index (χ0n) is 12.6. The van der Waals surface area contributed by atoms with Crippen LogP contribution in [-0.2, 0) is 4.79 Å². The quantitative estimate of drug-likeness (QED) is 0.815. The summed E-state index contributed by atoms with van der Waals surface area (Å²) in [5, 5.41) is 0.556. The Morgan fingerprint density at radius 1 is 1.29 bits per heavy atom. The Hall–Kier alpha value is -1.40. The normalized spacial score (nSPS) is 15.6. The first-order chi connectivity index (χ1) is 10.2. The van der Waals surface area contributed by atoms with Crippen LogP contribution in [0.3, 0.4) is 0 Å². The molecule has 2 rings (SSSR count). The molecule has 6 nitrogen and oxygen atoms in total. The highest BCUT2D eigenvalue weighted by atomic mass is 35.5. The molecular formula is C14H22ClN5O. The van der Waals surface area contributed by atoms with Crippen molar-refractivity contribution in [2.75, 3.05) is 50.7 Å². The Bertz CT molecular complexity index is 472. The number of aromatic nitrogens is 2.